The number of nitrogens with zero attached hydrogens (tertiary/aromatic N) is 1. The molecule has 0 spiro atoms. The number of sulfonamides is 1. The third-order valence-electron chi connectivity index (χ3n) is 6.93. The lowest BCUT2D eigenvalue weighted by molar-refractivity contribution is -0.142. The minimum absolute atomic E-state index is 0.0531. The Balaban J connectivity index is 1.23. The van der Waals surface area contributed by atoms with Crippen LogP contribution in [0.25, 0.3) is 0 Å². The standard InChI is InChI=1S/C32H29ClFN3O7S/c1-21(32(39)35-17-23-4-15-29-30(16-23)44-20-43-29)37(18-22-2-5-24(33)6-3-22)31(38)19-42-27-11-13-28(14-12-27)45(40,41)36-26-9-7-25(34)8-10-26/h2-16,21,36H,17-20H2,1H3,(H,35,39). The van der Waals surface area contributed by atoms with Crippen LogP contribution < -0.4 is 24.2 Å². The number of ether oxygens (including phenoxy) is 3. The minimum Gasteiger partial charge on any atom is -0.484 e. The van der Waals surface area contributed by atoms with Crippen LogP contribution in [0, 0.1) is 5.82 Å². The van der Waals surface area contributed by atoms with Gasteiger partial charge in [-0.15, -0.1) is 0 Å². The molecule has 0 aromatic heterocycles. The summed E-state index contributed by atoms with van der Waals surface area (Å²) in [6, 6.07) is 21.8. The molecule has 0 saturated carbocycles. The zero-order valence-corrected chi connectivity index (χ0v) is 25.6. The van der Waals surface area contributed by atoms with Crippen molar-refractivity contribution in [1.29, 1.82) is 0 Å². The Morgan fingerprint density at radius 2 is 1.60 bits per heavy atom. The summed E-state index contributed by atoms with van der Waals surface area (Å²) in [5, 5.41) is 3.40. The van der Waals surface area contributed by atoms with Crippen molar-refractivity contribution in [2.24, 2.45) is 0 Å². The SMILES string of the molecule is CC(C(=O)NCc1ccc2c(c1)OCO2)N(Cc1ccc(Cl)cc1)C(=O)COc1ccc(S(=O)(=O)Nc2ccc(F)cc2)cc1. The molecule has 2 amide bonds. The molecule has 1 aliphatic rings. The van der Waals surface area contributed by atoms with Gasteiger partial charge in [-0.1, -0.05) is 29.8 Å². The molecule has 1 unspecified atom stereocenters. The highest BCUT2D eigenvalue weighted by molar-refractivity contribution is 7.92. The molecule has 13 heteroatoms. The molecule has 10 nitrogen and oxygen atoms in total. The van der Waals surface area contributed by atoms with Gasteiger partial charge in [-0.3, -0.25) is 14.3 Å². The first-order valence-corrected chi connectivity index (χ1v) is 15.6. The first kappa shape index (κ1) is 31.6. The van der Waals surface area contributed by atoms with Crippen LogP contribution >= 0.6 is 11.6 Å². The lowest BCUT2D eigenvalue weighted by Gasteiger charge is -2.29. The summed E-state index contributed by atoms with van der Waals surface area (Å²) in [5.41, 5.74) is 1.76. The molecule has 234 valence electrons. The number of benzene rings is 4. The van der Waals surface area contributed by atoms with Crippen molar-refractivity contribution in [2.45, 2.75) is 31.0 Å². The highest BCUT2D eigenvalue weighted by Gasteiger charge is 2.27. The third kappa shape index (κ3) is 8.22. The summed E-state index contributed by atoms with van der Waals surface area (Å²) in [4.78, 5) is 27.9. The van der Waals surface area contributed by atoms with Crippen LogP contribution in [0.1, 0.15) is 18.1 Å². The zero-order chi connectivity index (χ0) is 32.0. The highest BCUT2D eigenvalue weighted by Crippen LogP contribution is 2.32. The number of halogens is 2. The number of carbonyl (C=O) groups excluding carboxylic acids is 2. The molecule has 0 bridgehead atoms. The number of hydrogen-bond acceptors (Lipinski definition) is 7. The summed E-state index contributed by atoms with van der Waals surface area (Å²) in [5.74, 6) is 0.147. The fourth-order valence-corrected chi connectivity index (χ4v) is 5.62. The van der Waals surface area contributed by atoms with Crippen molar-refractivity contribution in [2.75, 3.05) is 18.1 Å². The summed E-state index contributed by atoms with van der Waals surface area (Å²) in [6.07, 6.45) is 0. The minimum atomic E-state index is -3.95. The summed E-state index contributed by atoms with van der Waals surface area (Å²) < 4.78 is 57.4. The monoisotopic (exact) mass is 653 g/mol. The lowest BCUT2D eigenvalue weighted by atomic mass is 10.1. The van der Waals surface area contributed by atoms with Gasteiger partial charge in [0, 0.05) is 23.8 Å². The van der Waals surface area contributed by atoms with Gasteiger partial charge < -0.3 is 24.4 Å². The first-order valence-electron chi connectivity index (χ1n) is 13.8. The second-order valence-corrected chi connectivity index (χ2v) is 12.2. The molecule has 0 aliphatic carbocycles. The predicted octanol–water partition coefficient (Wildman–Crippen LogP) is 5.12. The zero-order valence-electron chi connectivity index (χ0n) is 24.0. The molecule has 4 aromatic rings. The van der Waals surface area contributed by atoms with Gasteiger partial charge in [-0.05, 0) is 90.8 Å². The van der Waals surface area contributed by atoms with Crippen LogP contribution in [0.2, 0.25) is 5.02 Å². The highest BCUT2D eigenvalue weighted by atomic mass is 35.5. The van der Waals surface area contributed by atoms with E-state index in [1.54, 1.807) is 43.3 Å². The topological polar surface area (TPSA) is 123 Å². The molecule has 0 saturated heterocycles. The fraction of sp³-hybridized carbons (Fsp3) is 0.188. The van der Waals surface area contributed by atoms with Gasteiger partial charge in [0.25, 0.3) is 15.9 Å². The average Bonchev–Trinajstić information content (AvgIpc) is 3.51. The van der Waals surface area contributed by atoms with Gasteiger partial charge in [0.1, 0.15) is 17.6 Å². The van der Waals surface area contributed by atoms with E-state index in [0.717, 1.165) is 23.3 Å². The Kier molecular flexibility index (Phi) is 9.74. The van der Waals surface area contributed by atoms with Crippen molar-refractivity contribution in [1.82, 2.24) is 10.2 Å². The number of amides is 2. The molecular weight excluding hydrogens is 625 g/mol. The van der Waals surface area contributed by atoms with E-state index in [1.807, 2.05) is 6.07 Å². The van der Waals surface area contributed by atoms with E-state index in [9.17, 15) is 22.4 Å². The molecule has 1 atom stereocenters. The largest absolute Gasteiger partial charge is 0.484 e. The van der Waals surface area contributed by atoms with Crippen molar-refractivity contribution in [3.05, 3.63) is 113 Å². The van der Waals surface area contributed by atoms with Crippen LogP contribution in [-0.2, 0) is 32.7 Å². The maximum absolute atomic E-state index is 13.4. The molecule has 4 aromatic carbocycles. The van der Waals surface area contributed by atoms with Crippen LogP contribution in [-0.4, -0.2) is 44.6 Å². The van der Waals surface area contributed by atoms with Crippen molar-refractivity contribution in [3.63, 3.8) is 0 Å². The fourth-order valence-electron chi connectivity index (χ4n) is 4.43. The molecule has 1 aliphatic heterocycles. The molecule has 0 fully saturated rings. The predicted molar refractivity (Wildman–Crippen MR) is 165 cm³/mol. The molecule has 0 radical (unpaired) electrons. The molecule has 1 heterocycles. The van der Waals surface area contributed by atoms with E-state index < -0.39 is 34.4 Å². The number of hydrogen-bond donors (Lipinski definition) is 2. The van der Waals surface area contributed by atoms with Gasteiger partial charge in [0.2, 0.25) is 12.7 Å². The van der Waals surface area contributed by atoms with Gasteiger partial charge in [0.15, 0.2) is 18.1 Å². The first-order chi connectivity index (χ1) is 21.6. The smallest absolute Gasteiger partial charge is 0.261 e. The van der Waals surface area contributed by atoms with Crippen molar-refractivity contribution in [3.8, 4) is 17.2 Å². The summed E-state index contributed by atoms with van der Waals surface area (Å²) in [6.45, 7) is 1.68. The Morgan fingerprint density at radius 1 is 0.933 bits per heavy atom. The quantitative estimate of drug-likeness (QED) is 0.218. The number of carbonyl (C=O) groups is 2. The normalized spacial score (nSPS) is 12.7. The van der Waals surface area contributed by atoms with Crippen molar-refractivity contribution < 1.29 is 36.6 Å². The van der Waals surface area contributed by atoms with Gasteiger partial charge in [0.05, 0.1) is 4.90 Å². The Morgan fingerprint density at radius 3 is 2.31 bits per heavy atom. The van der Waals surface area contributed by atoms with Crippen LogP contribution in [0.5, 0.6) is 17.2 Å². The average molecular weight is 654 g/mol. The molecule has 5 rings (SSSR count). The van der Waals surface area contributed by atoms with Gasteiger partial charge in [-0.25, -0.2) is 12.8 Å². The van der Waals surface area contributed by atoms with Gasteiger partial charge in [-0.2, -0.15) is 0 Å². The van der Waals surface area contributed by atoms with E-state index in [2.05, 4.69) is 10.0 Å². The maximum atomic E-state index is 13.4. The molecule has 45 heavy (non-hydrogen) atoms. The Labute approximate surface area is 264 Å². The van der Waals surface area contributed by atoms with E-state index in [1.165, 1.54) is 41.3 Å². The number of anilines is 1. The Bertz CT molecular complexity index is 1770. The summed E-state index contributed by atoms with van der Waals surface area (Å²) in [7, 11) is -3.95. The molecular formula is C32H29ClFN3O7S. The second-order valence-electron chi connectivity index (χ2n) is 10.1. The van der Waals surface area contributed by atoms with E-state index in [0.29, 0.717) is 16.5 Å². The Hall–Kier alpha value is -4.81. The van der Waals surface area contributed by atoms with Crippen molar-refractivity contribution >= 4 is 39.1 Å². The lowest BCUT2D eigenvalue weighted by Crippen LogP contribution is -2.48. The molecule has 2 N–H and O–H groups in total. The number of rotatable bonds is 12. The second kappa shape index (κ2) is 13.9. The summed E-state index contributed by atoms with van der Waals surface area (Å²) >= 11 is 6.02. The van der Waals surface area contributed by atoms with E-state index in [4.69, 9.17) is 25.8 Å². The van der Waals surface area contributed by atoms with Crippen LogP contribution in [0.4, 0.5) is 10.1 Å². The van der Waals surface area contributed by atoms with E-state index >= 15 is 0 Å². The number of fused-ring (bicyclic) bond motifs is 1. The van der Waals surface area contributed by atoms with Crippen LogP contribution in [0.3, 0.4) is 0 Å². The van der Waals surface area contributed by atoms with E-state index in [-0.39, 0.29) is 42.1 Å². The third-order valence-corrected chi connectivity index (χ3v) is 8.58. The van der Waals surface area contributed by atoms with Crippen LogP contribution in [0.15, 0.2) is 95.9 Å². The maximum Gasteiger partial charge on any atom is 0.261 e. The van der Waals surface area contributed by atoms with Gasteiger partial charge >= 0.3 is 0 Å². The number of nitrogens with one attached hydrogen (secondary N) is 2.